The lowest BCUT2D eigenvalue weighted by atomic mass is 9.97. The van der Waals surface area contributed by atoms with Gasteiger partial charge in [0, 0.05) is 4.47 Å². The van der Waals surface area contributed by atoms with Crippen molar-refractivity contribution in [3.05, 3.63) is 34.3 Å². The largest absolute Gasteiger partial charge is 0.411 e. The third-order valence-corrected chi connectivity index (χ3v) is 2.41. The number of carbonyl (C=O) groups excluding carboxylic acids is 1. The van der Waals surface area contributed by atoms with Gasteiger partial charge in [-0.15, -0.1) is 5.16 Å². The molecular weight excluding hydrogens is 246 g/mol. The molecule has 14 heavy (non-hydrogen) atoms. The van der Waals surface area contributed by atoms with Crippen LogP contribution in [-0.4, -0.2) is 17.2 Å². The van der Waals surface area contributed by atoms with Gasteiger partial charge in [0.25, 0.3) is 0 Å². The van der Waals surface area contributed by atoms with Crippen LogP contribution in [-0.2, 0) is 4.79 Å². The maximum absolute atomic E-state index is 11.2. The van der Waals surface area contributed by atoms with E-state index in [0.717, 1.165) is 10.0 Å². The Bertz CT molecular complexity index is 346. The van der Waals surface area contributed by atoms with Crippen LogP contribution in [0.25, 0.3) is 0 Å². The third kappa shape index (κ3) is 2.67. The van der Waals surface area contributed by atoms with Gasteiger partial charge < -0.3 is 5.21 Å². The van der Waals surface area contributed by atoms with Crippen LogP contribution in [0.4, 0.5) is 0 Å². The molecule has 0 aliphatic heterocycles. The Hall–Kier alpha value is -1.16. The molecule has 0 fully saturated rings. The smallest absolute Gasteiger partial charge is 0.142 e. The number of nitrogens with zero attached hydrogens (tertiary/aromatic N) is 1. The van der Waals surface area contributed by atoms with Crippen LogP contribution in [0, 0.1) is 0 Å². The second kappa shape index (κ2) is 4.91. The number of oxime groups is 1. The van der Waals surface area contributed by atoms with Gasteiger partial charge in [-0.1, -0.05) is 28.1 Å². The summed E-state index contributed by atoms with van der Waals surface area (Å²) in [6.07, 6.45) is 1.23. The number of Topliss-reactive ketones (excluding diaryl/α,β-unsaturated/α-hetero) is 1. The second-order valence-electron chi connectivity index (χ2n) is 2.90. The summed E-state index contributed by atoms with van der Waals surface area (Å²) in [6.45, 7) is 1.47. The summed E-state index contributed by atoms with van der Waals surface area (Å²) in [6, 6.07) is 7.32. The molecule has 1 unspecified atom stereocenters. The van der Waals surface area contributed by atoms with Crippen molar-refractivity contribution in [1.29, 1.82) is 0 Å². The van der Waals surface area contributed by atoms with Crippen LogP contribution in [0.3, 0.4) is 0 Å². The Labute approximate surface area is 90.6 Å². The summed E-state index contributed by atoms with van der Waals surface area (Å²) in [4.78, 5) is 11.2. The van der Waals surface area contributed by atoms with E-state index in [1.807, 2.05) is 24.3 Å². The molecular formula is C10H10BrNO2. The van der Waals surface area contributed by atoms with Gasteiger partial charge in [0.1, 0.15) is 5.78 Å². The fourth-order valence-corrected chi connectivity index (χ4v) is 1.43. The van der Waals surface area contributed by atoms with E-state index in [-0.39, 0.29) is 5.78 Å². The van der Waals surface area contributed by atoms with Crippen molar-refractivity contribution >= 4 is 27.9 Å². The van der Waals surface area contributed by atoms with Gasteiger partial charge in [-0.3, -0.25) is 4.79 Å². The van der Waals surface area contributed by atoms with E-state index in [9.17, 15) is 4.79 Å². The number of benzene rings is 1. The fraction of sp³-hybridized carbons (Fsp3) is 0.200. The van der Waals surface area contributed by atoms with Crippen LogP contribution in [0.5, 0.6) is 0 Å². The summed E-state index contributed by atoms with van der Waals surface area (Å²) in [5.74, 6) is -0.516. The van der Waals surface area contributed by atoms with E-state index >= 15 is 0 Å². The first kappa shape index (κ1) is 10.9. The zero-order chi connectivity index (χ0) is 10.6. The van der Waals surface area contributed by atoms with Crippen molar-refractivity contribution < 1.29 is 10.0 Å². The summed E-state index contributed by atoms with van der Waals surface area (Å²) < 4.78 is 0.949. The molecule has 0 bridgehead atoms. The van der Waals surface area contributed by atoms with E-state index in [0.29, 0.717) is 0 Å². The minimum absolute atomic E-state index is 0.0508. The molecule has 0 spiro atoms. The maximum Gasteiger partial charge on any atom is 0.142 e. The zero-order valence-corrected chi connectivity index (χ0v) is 9.23. The molecule has 0 aliphatic rings. The molecule has 0 amide bonds. The lowest BCUT2D eigenvalue weighted by Crippen LogP contribution is -2.10. The number of rotatable bonds is 3. The summed E-state index contributed by atoms with van der Waals surface area (Å²) in [5.41, 5.74) is 0.818. The van der Waals surface area contributed by atoms with Crippen molar-refractivity contribution in [2.24, 2.45) is 5.16 Å². The van der Waals surface area contributed by atoms with Gasteiger partial charge >= 0.3 is 0 Å². The minimum atomic E-state index is -0.465. The van der Waals surface area contributed by atoms with Crippen LogP contribution >= 0.6 is 15.9 Å². The van der Waals surface area contributed by atoms with Gasteiger partial charge in [0.05, 0.1) is 12.1 Å². The molecule has 0 aromatic heterocycles. The lowest BCUT2D eigenvalue weighted by molar-refractivity contribution is -0.117. The molecule has 3 nitrogen and oxygen atoms in total. The number of ketones is 1. The van der Waals surface area contributed by atoms with E-state index in [4.69, 9.17) is 5.21 Å². The molecule has 0 saturated carbocycles. The topological polar surface area (TPSA) is 49.7 Å². The molecule has 4 heteroatoms. The van der Waals surface area contributed by atoms with Gasteiger partial charge in [-0.05, 0) is 24.6 Å². The first-order chi connectivity index (χ1) is 6.65. The highest BCUT2D eigenvalue weighted by atomic mass is 79.9. The molecule has 74 valence electrons. The predicted molar refractivity (Wildman–Crippen MR) is 57.8 cm³/mol. The molecule has 1 rings (SSSR count). The number of hydrogen-bond donors (Lipinski definition) is 1. The van der Waals surface area contributed by atoms with Crippen molar-refractivity contribution in [3.8, 4) is 0 Å². The summed E-state index contributed by atoms with van der Waals surface area (Å²) in [5, 5.41) is 11.3. The third-order valence-electron chi connectivity index (χ3n) is 1.88. The molecule has 0 radical (unpaired) electrons. The average molecular weight is 256 g/mol. The number of carbonyl (C=O) groups is 1. The Morgan fingerprint density at radius 1 is 1.50 bits per heavy atom. The predicted octanol–water partition coefficient (Wildman–Crippen LogP) is 2.58. The van der Waals surface area contributed by atoms with Crippen molar-refractivity contribution in [2.75, 3.05) is 0 Å². The molecule has 1 aromatic rings. The first-order valence-corrected chi connectivity index (χ1v) is 4.88. The van der Waals surface area contributed by atoms with E-state index in [2.05, 4.69) is 21.1 Å². The molecule has 1 N–H and O–H groups in total. The summed E-state index contributed by atoms with van der Waals surface area (Å²) in [7, 11) is 0. The molecule has 1 aromatic carbocycles. The Morgan fingerprint density at radius 2 is 2.07 bits per heavy atom. The summed E-state index contributed by atoms with van der Waals surface area (Å²) >= 11 is 3.30. The van der Waals surface area contributed by atoms with Gasteiger partial charge in [0.2, 0.25) is 0 Å². The monoisotopic (exact) mass is 255 g/mol. The van der Waals surface area contributed by atoms with Crippen LogP contribution in [0.2, 0.25) is 0 Å². The van der Waals surface area contributed by atoms with Crippen LogP contribution in [0.15, 0.2) is 33.9 Å². The SMILES string of the molecule is CC(=O)C(/C=N\O)c1ccc(Br)cc1. The second-order valence-corrected chi connectivity index (χ2v) is 3.82. The maximum atomic E-state index is 11.2. The fourth-order valence-electron chi connectivity index (χ4n) is 1.16. The Kier molecular flexibility index (Phi) is 3.83. The number of halogens is 1. The lowest BCUT2D eigenvalue weighted by Gasteiger charge is -2.07. The standard InChI is InChI=1S/C10H10BrNO2/c1-7(13)10(6-12-14)8-2-4-9(11)5-3-8/h2-6,10,14H,1H3/b12-6-. The first-order valence-electron chi connectivity index (χ1n) is 4.08. The highest BCUT2D eigenvalue weighted by molar-refractivity contribution is 9.10. The van der Waals surface area contributed by atoms with Crippen LogP contribution in [0.1, 0.15) is 18.4 Å². The van der Waals surface area contributed by atoms with Crippen molar-refractivity contribution in [1.82, 2.24) is 0 Å². The number of hydrogen-bond acceptors (Lipinski definition) is 3. The zero-order valence-electron chi connectivity index (χ0n) is 7.64. The Balaban J connectivity index is 2.99. The molecule has 0 aliphatic carbocycles. The average Bonchev–Trinajstić information content (AvgIpc) is 2.15. The molecule has 0 saturated heterocycles. The van der Waals surface area contributed by atoms with E-state index in [1.54, 1.807) is 0 Å². The minimum Gasteiger partial charge on any atom is -0.411 e. The van der Waals surface area contributed by atoms with Crippen LogP contribution < -0.4 is 0 Å². The van der Waals surface area contributed by atoms with Crippen molar-refractivity contribution in [2.45, 2.75) is 12.8 Å². The molecule has 1 atom stereocenters. The van der Waals surface area contributed by atoms with E-state index in [1.165, 1.54) is 13.1 Å². The molecule has 0 heterocycles. The van der Waals surface area contributed by atoms with Gasteiger partial charge in [-0.25, -0.2) is 0 Å². The van der Waals surface area contributed by atoms with Gasteiger partial charge in [-0.2, -0.15) is 0 Å². The van der Waals surface area contributed by atoms with Gasteiger partial charge in [0.15, 0.2) is 0 Å². The Morgan fingerprint density at radius 3 is 2.50 bits per heavy atom. The van der Waals surface area contributed by atoms with E-state index < -0.39 is 5.92 Å². The quantitative estimate of drug-likeness (QED) is 0.513. The normalized spacial score (nSPS) is 13.0. The highest BCUT2D eigenvalue weighted by Crippen LogP contribution is 2.18. The highest BCUT2D eigenvalue weighted by Gasteiger charge is 2.13. The van der Waals surface area contributed by atoms with Crippen molar-refractivity contribution in [3.63, 3.8) is 0 Å².